The maximum Gasteiger partial charge on any atom is 0.208 e. The number of hydrogen-bond donors (Lipinski definition) is 1. The van der Waals surface area contributed by atoms with Crippen LogP contribution in [0, 0.1) is 18.3 Å². The van der Waals surface area contributed by atoms with Crippen LogP contribution in [-0.4, -0.2) is 52.4 Å². The van der Waals surface area contributed by atoms with Gasteiger partial charge >= 0.3 is 0 Å². The number of sulfonamides is 1. The second-order valence-corrected chi connectivity index (χ2v) is 8.18. The summed E-state index contributed by atoms with van der Waals surface area (Å²) in [5.41, 5.74) is -0.106. The third kappa shape index (κ3) is 3.31. The summed E-state index contributed by atoms with van der Waals surface area (Å²) in [7, 11) is -3.17. The molecule has 1 N–H and O–H groups in total. The zero-order chi connectivity index (χ0) is 15.1. The van der Waals surface area contributed by atoms with Crippen molar-refractivity contribution in [1.82, 2.24) is 9.62 Å². The number of furan rings is 1. The number of aryl methyl sites for hydroxylation is 1. The Balaban J connectivity index is 1.67. The van der Waals surface area contributed by atoms with Crippen LogP contribution >= 0.6 is 0 Å². The highest BCUT2D eigenvalue weighted by Gasteiger charge is 2.50. The van der Waals surface area contributed by atoms with Crippen LogP contribution in [0.1, 0.15) is 11.5 Å². The molecule has 0 aliphatic carbocycles. The van der Waals surface area contributed by atoms with Gasteiger partial charge in [-0.15, -0.1) is 0 Å². The first kappa shape index (κ1) is 15.0. The van der Waals surface area contributed by atoms with Gasteiger partial charge in [0.05, 0.1) is 26.0 Å². The van der Waals surface area contributed by atoms with Crippen LogP contribution in [0.5, 0.6) is 0 Å². The predicted molar refractivity (Wildman–Crippen MR) is 78.3 cm³/mol. The number of likely N-dealkylation sites (tertiary alicyclic amines) is 1. The Morgan fingerprint density at radius 3 is 2.95 bits per heavy atom. The second kappa shape index (κ2) is 5.39. The molecule has 6 nitrogen and oxygen atoms in total. The van der Waals surface area contributed by atoms with Crippen LogP contribution in [0.3, 0.4) is 0 Å². The molecule has 0 saturated carbocycles. The minimum absolute atomic E-state index is 0.106. The number of ether oxygens (including phenoxy) is 1. The van der Waals surface area contributed by atoms with Crippen LogP contribution in [0.15, 0.2) is 16.5 Å². The molecule has 0 aromatic carbocycles. The molecule has 2 atom stereocenters. The molecule has 21 heavy (non-hydrogen) atoms. The highest BCUT2D eigenvalue weighted by atomic mass is 32.2. The zero-order valence-electron chi connectivity index (χ0n) is 12.5. The van der Waals surface area contributed by atoms with Gasteiger partial charge < -0.3 is 9.15 Å². The summed E-state index contributed by atoms with van der Waals surface area (Å²) in [4.78, 5) is 2.33. The molecule has 2 fully saturated rings. The fraction of sp³-hybridized carbons (Fsp3) is 0.714. The Morgan fingerprint density at radius 2 is 2.29 bits per heavy atom. The molecule has 3 rings (SSSR count). The summed E-state index contributed by atoms with van der Waals surface area (Å²) in [6, 6.07) is 3.97. The molecule has 0 bridgehead atoms. The average Bonchev–Trinajstić information content (AvgIpc) is 3.01. The third-order valence-corrected chi connectivity index (χ3v) is 5.12. The van der Waals surface area contributed by atoms with Crippen molar-refractivity contribution >= 4 is 10.0 Å². The molecule has 1 aromatic heterocycles. The summed E-state index contributed by atoms with van der Waals surface area (Å²) in [5.74, 6) is 2.25. The van der Waals surface area contributed by atoms with Gasteiger partial charge in [-0.3, -0.25) is 4.90 Å². The third-order valence-electron chi connectivity index (χ3n) is 4.45. The highest BCUT2D eigenvalue weighted by Crippen LogP contribution is 2.41. The summed E-state index contributed by atoms with van der Waals surface area (Å²) in [6.45, 7) is 6.24. The average molecular weight is 314 g/mol. The monoisotopic (exact) mass is 314 g/mol. The van der Waals surface area contributed by atoms with Gasteiger partial charge in [-0.25, -0.2) is 13.1 Å². The van der Waals surface area contributed by atoms with E-state index < -0.39 is 10.0 Å². The van der Waals surface area contributed by atoms with Gasteiger partial charge in [0.1, 0.15) is 11.5 Å². The van der Waals surface area contributed by atoms with Crippen LogP contribution in [0.25, 0.3) is 0 Å². The fourth-order valence-electron chi connectivity index (χ4n) is 3.38. The molecule has 0 spiro atoms. The van der Waals surface area contributed by atoms with E-state index in [0.29, 0.717) is 25.7 Å². The van der Waals surface area contributed by atoms with Crippen LogP contribution in [0.4, 0.5) is 0 Å². The number of nitrogens with zero attached hydrogens (tertiary/aromatic N) is 1. The Kier molecular flexibility index (Phi) is 3.85. The molecule has 2 saturated heterocycles. The van der Waals surface area contributed by atoms with E-state index in [1.165, 1.54) is 6.26 Å². The summed E-state index contributed by atoms with van der Waals surface area (Å²) >= 11 is 0. The van der Waals surface area contributed by atoms with Crippen LogP contribution in [0.2, 0.25) is 0 Å². The smallest absolute Gasteiger partial charge is 0.208 e. The summed E-state index contributed by atoms with van der Waals surface area (Å²) < 4.78 is 36.6. The van der Waals surface area contributed by atoms with Crippen molar-refractivity contribution in [3.63, 3.8) is 0 Å². The van der Waals surface area contributed by atoms with Gasteiger partial charge in [0.25, 0.3) is 0 Å². The zero-order valence-corrected chi connectivity index (χ0v) is 13.3. The van der Waals surface area contributed by atoms with Gasteiger partial charge in [-0.1, -0.05) is 0 Å². The van der Waals surface area contributed by atoms with E-state index in [2.05, 4.69) is 9.62 Å². The number of hydrogen-bond acceptors (Lipinski definition) is 5. The largest absolute Gasteiger partial charge is 0.465 e. The highest BCUT2D eigenvalue weighted by molar-refractivity contribution is 7.88. The van der Waals surface area contributed by atoms with Crippen molar-refractivity contribution in [3.8, 4) is 0 Å². The predicted octanol–water partition coefficient (Wildman–Crippen LogP) is 0.586. The summed E-state index contributed by atoms with van der Waals surface area (Å²) in [6.07, 6.45) is 1.20. The molecule has 1 aromatic rings. The molecule has 0 unspecified atom stereocenters. The maximum atomic E-state index is 11.4. The van der Waals surface area contributed by atoms with Gasteiger partial charge in [0.15, 0.2) is 0 Å². The molecule has 118 valence electrons. The van der Waals surface area contributed by atoms with E-state index in [1.807, 2.05) is 19.1 Å². The lowest BCUT2D eigenvalue weighted by molar-refractivity contribution is 0.126. The molecule has 0 radical (unpaired) electrons. The quantitative estimate of drug-likeness (QED) is 0.861. The Labute approximate surface area is 125 Å². The van der Waals surface area contributed by atoms with E-state index in [-0.39, 0.29) is 5.41 Å². The van der Waals surface area contributed by atoms with E-state index >= 15 is 0 Å². The van der Waals surface area contributed by atoms with Crippen molar-refractivity contribution in [2.75, 3.05) is 39.1 Å². The molecule has 2 aliphatic rings. The minimum atomic E-state index is -3.17. The van der Waals surface area contributed by atoms with E-state index in [4.69, 9.17) is 9.15 Å². The van der Waals surface area contributed by atoms with Crippen molar-refractivity contribution in [2.24, 2.45) is 11.3 Å². The molecular formula is C14H22N2O4S. The topological polar surface area (TPSA) is 71.8 Å². The lowest BCUT2D eigenvalue weighted by Gasteiger charge is -2.27. The SMILES string of the molecule is Cc1ccc(CN2C[C@@H]3COC[C@]3(CNS(C)(=O)=O)C2)o1. The van der Waals surface area contributed by atoms with E-state index in [1.54, 1.807) is 0 Å². The standard InChI is InChI=1S/C14H22N2O4S/c1-11-3-4-13(20-11)6-16-5-12-7-19-10-14(12,9-16)8-15-21(2,17)18/h3-4,12,15H,5-10H2,1-2H3/t12-,14+/m1/s1. The van der Waals surface area contributed by atoms with Gasteiger partial charge in [0.2, 0.25) is 10.0 Å². The van der Waals surface area contributed by atoms with Crippen molar-refractivity contribution < 1.29 is 17.6 Å². The number of nitrogens with one attached hydrogen (secondary N) is 1. The Hall–Kier alpha value is -0.890. The normalized spacial score (nSPS) is 29.9. The first-order valence-corrected chi connectivity index (χ1v) is 9.06. The number of rotatable bonds is 5. The lowest BCUT2D eigenvalue weighted by Crippen LogP contribution is -2.42. The molecule has 2 aliphatic heterocycles. The Bertz CT molecular complexity index is 612. The van der Waals surface area contributed by atoms with Gasteiger partial charge in [-0.2, -0.15) is 0 Å². The molecular weight excluding hydrogens is 292 g/mol. The first-order valence-electron chi connectivity index (χ1n) is 7.16. The van der Waals surface area contributed by atoms with Gasteiger partial charge in [-0.05, 0) is 19.1 Å². The molecule has 3 heterocycles. The lowest BCUT2D eigenvalue weighted by atomic mass is 9.81. The van der Waals surface area contributed by atoms with E-state index in [9.17, 15) is 8.42 Å². The number of fused-ring (bicyclic) bond motifs is 1. The molecule has 7 heteroatoms. The molecule has 0 amide bonds. The first-order chi connectivity index (χ1) is 9.86. The maximum absolute atomic E-state index is 11.4. The Morgan fingerprint density at radius 1 is 1.48 bits per heavy atom. The summed E-state index contributed by atoms with van der Waals surface area (Å²) in [5, 5.41) is 0. The van der Waals surface area contributed by atoms with Crippen LogP contribution < -0.4 is 4.72 Å². The van der Waals surface area contributed by atoms with Crippen molar-refractivity contribution in [3.05, 3.63) is 23.7 Å². The minimum Gasteiger partial charge on any atom is -0.465 e. The van der Waals surface area contributed by atoms with Gasteiger partial charge in [0, 0.05) is 31.0 Å². The second-order valence-electron chi connectivity index (χ2n) is 6.35. The van der Waals surface area contributed by atoms with Crippen LogP contribution in [-0.2, 0) is 21.3 Å². The van der Waals surface area contributed by atoms with E-state index in [0.717, 1.165) is 31.2 Å². The van der Waals surface area contributed by atoms with Crippen molar-refractivity contribution in [1.29, 1.82) is 0 Å². The van der Waals surface area contributed by atoms with Crippen molar-refractivity contribution in [2.45, 2.75) is 13.5 Å². The fourth-order valence-corrected chi connectivity index (χ4v) is 3.93.